The molecule has 7 heteroatoms. The molecular weight excluding hydrogens is 380 g/mol. The van der Waals surface area contributed by atoms with Crippen LogP contribution in [0.25, 0.3) is 5.57 Å². The van der Waals surface area contributed by atoms with Crippen LogP contribution in [-0.2, 0) is 16.1 Å². The maximum Gasteiger partial charge on any atom is 0.278 e. The number of aromatic nitrogens is 1. The van der Waals surface area contributed by atoms with Crippen LogP contribution in [0.15, 0.2) is 54.5 Å². The third kappa shape index (κ3) is 3.99. The fourth-order valence-corrected chi connectivity index (χ4v) is 3.99. The standard InChI is InChI=1S/C23H26N4O3/c1-17-4-6-19(7-5-17)20-21(26-11-9-25(10-12-26)13-14-28)23(30)27(22(20)29)16-18-3-2-8-24-15-18/h2-8,15,28H,9-14,16H2,1H3. The highest BCUT2D eigenvalue weighted by Crippen LogP contribution is 2.33. The van der Waals surface area contributed by atoms with Crippen LogP contribution in [0.3, 0.4) is 0 Å². The van der Waals surface area contributed by atoms with E-state index in [9.17, 15) is 14.7 Å². The summed E-state index contributed by atoms with van der Waals surface area (Å²) in [5.41, 5.74) is 3.63. The van der Waals surface area contributed by atoms with E-state index in [4.69, 9.17) is 0 Å². The first-order chi connectivity index (χ1) is 14.6. The molecule has 1 aromatic carbocycles. The number of carbonyl (C=O) groups excluding carboxylic acids is 2. The second-order valence-corrected chi connectivity index (χ2v) is 7.70. The largest absolute Gasteiger partial charge is 0.395 e. The van der Waals surface area contributed by atoms with Gasteiger partial charge in [-0.3, -0.25) is 24.4 Å². The minimum Gasteiger partial charge on any atom is -0.395 e. The van der Waals surface area contributed by atoms with E-state index in [1.54, 1.807) is 18.5 Å². The Morgan fingerprint density at radius 1 is 1.00 bits per heavy atom. The van der Waals surface area contributed by atoms with E-state index in [1.165, 1.54) is 4.90 Å². The number of hydrogen-bond acceptors (Lipinski definition) is 6. The first kappa shape index (κ1) is 20.3. The lowest BCUT2D eigenvalue weighted by Gasteiger charge is -2.36. The summed E-state index contributed by atoms with van der Waals surface area (Å²) in [6.45, 7) is 5.72. The van der Waals surface area contributed by atoms with E-state index >= 15 is 0 Å². The number of rotatable bonds is 6. The highest BCUT2D eigenvalue weighted by Gasteiger charge is 2.42. The predicted octanol–water partition coefficient (Wildman–Crippen LogP) is 1.28. The molecule has 7 nitrogen and oxygen atoms in total. The molecule has 2 aliphatic rings. The lowest BCUT2D eigenvalue weighted by molar-refractivity contribution is -0.138. The average molecular weight is 406 g/mol. The smallest absolute Gasteiger partial charge is 0.278 e. The molecule has 3 heterocycles. The Kier molecular flexibility index (Phi) is 5.92. The number of aryl methyl sites for hydroxylation is 1. The first-order valence-electron chi connectivity index (χ1n) is 10.2. The fraction of sp³-hybridized carbons (Fsp3) is 0.348. The maximum absolute atomic E-state index is 13.4. The Labute approximate surface area is 176 Å². The van der Waals surface area contributed by atoms with Crippen LogP contribution in [0, 0.1) is 6.92 Å². The third-order valence-corrected chi connectivity index (χ3v) is 5.65. The summed E-state index contributed by atoms with van der Waals surface area (Å²) in [5, 5.41) is 9.19. The molecule has 2 amide bonds. The van der Waals surface area contributed by atoms with Gasteiger partial charge in [-0.25, -0.2) is 0 Å². The van der Waals surface area contributed by atoms with Crippen molar-refractivity contribution in [2.75, 3.05) is 39.3 Å². The van der Waals surface area contributed by atoms with Gasteiger partial charge in [0.25, 0.3) is 11.8 Å². The van der Waals surface area contributed by atoms with E-state index in [0.717, 1.165) is 29.8 Å². The highest BCUT2D eigenvalue weighted by atomic mass is 16.3. The van der Waals surface area contributed by atoms with Gasteiger partial charge in [0.1, 0.15) is 5.70 Å². The van der Waals surface area contributed by atoms with Gasteiger partial charge in [-0.2, -0.15) is 0 Å². The summed E-state index contributed by atoms with van der Waals surface area (Å²) in [6.07, 6.45) is 3.35. The molecule has 156 valence electrons. The number of amides is 2. The molecule has 0 atom stereocenters. The van der Waals surface area contributed by atoms with Crippen LogP contribution in [0.1, 0.15) is 16.7 Å². The van der Waals surface area contributed by atoms with Gasteiger partial charge < -0.3 is 10.0 Å². The number of imide groups is 1. The number of piperazine rings is 1. The van der Waals surface area contributed by atoms with Gasteiger partial charge in [-0.1, -0.05) is 35.9 Å². The van der Waals surface area contributed by atoms with Crippen molar-refractivity contribution in [1.29, 1.82) is 0 Å². The number of β-amino-alcohol motifs (C(OH)–C–C–N with tert-alkyl or cyclic N) is 1. The molecule has 0 spiro atoms. The zero-order valence-electron chi connectivity index (χ0n) is 17.1. The van der Waals surface area contributed by atoms with E-state index < -0.39 is 0 Å². The molecule has 0 aliphatic carbocycles. The molecule has 0 bridgehead atoms. The van der Waals surface area contributed by atoms with E-state index in [1.807, 2.05) is 42.2 Å². The molecule has 1 N–H and O–H groups in total. The molecule has 4 rings (SSSR count). The SMILES string of the molecule is Cc1ccc(C2=C(N3CCN(CCO)CC3)C(=O)N(Cc3cccnc3)C2=O)cc1. The van der Waals surface area contributed by atoms with Crippen molar-refractivity contribution < 1.29 is 14.7 Å². The molecular formula is C23H26N4O3. The van der Waals surface area contributed by atoms with Crippen molar-refractivity contribution in [3.8, 4) is 0 Å². The zero-order chi connectivity index (χ0) is 21.1. The van der Waals surface area contributed by atoms with Crippen molar-refractivity contribution in [3.05, 3.63) is 71.2 Å². The van der Waals surface area contributed by atoms with Crippen molar-refractivity contribution >= 4 is 17.4 Å². The van der Waals surface area contributed by atoms with Gasteiger partial charge in [0, 0.05) is 45.1 Å². The first-order valence-corrected chi connectivity index (χ1v) is 10.2. The van der Waals surface area contributed by atoms with E-state index in [2.05, 4.69) is 9.88 Å². The van der Waals surface area contributed by atoms with Crippen LogP contribution in [0.4, 0.5) is 0 Å². The molecule has 1 fully saturated rings. The number of benzene rings is 1. The Bertz CT molecular complexity index is 948. The molecule has 1 aromatic heterocycles. The third-order valence-electron chi connectivity index (χ3n) is 5.65. The van der Waals surface area contributed by atoms with E-state index in [0.29, 0.717) is 30.9 Å². The van der Waals surface area contributed by atoms with Crippen LogP contribution in [-0.4, -0.2) is 75.9 Å². The summed E-state index contributed by atoms with van der Waals surface area (Å²) in [7, 11) is 0. The monoisotopic (exact) mass is 406 g/mol. The number of aliphatic hydroxyl groups is 1. The van der Waals surface area contributed by atoms with Crippen molar-refractivity contribution in [2.45, 2.75) is 13.5 Å². The Morgan fingerprint density at radius 2 is 1.73 bits per heavy atom. The molecule has 30 heavy (non-hydrogen) atoms. The van der Waals surface area contributed by atoms with Crippen molar-refractivity contribution in [1.82, 2.24) is 19.7 Å². The number of hydrogen-bond donors (Lipinski definition) is 1. The molecule has 2 aliphatic heterocycles. The van der Waals surface area contributed by atoms with Crippen LogP contribution in [0.5, 0.6) is 0 Å². The molecule has 0 radical (unpaired) electrons. The van der Waals surface area contributed by atoms with Gasteiger partial charge in [0.05, 0.1) is 18.7 Å². The zero-order valence-corrected chi connectivity index (χ0v) is 17.1. The molecule has 0 saturated carbocycles. The lowest BCUT2D eigenvalue weighted by atomic mass is 10.0. The van der Waals surface area contributed by atoms with Gasteiger partial charge in [-0.05, 0) is 24.1 Å². The van der Waals surface area contributed by atoms with Gasteiger partial charge in [0.2, 0.25) is 0 Å². The Hall–Kier alpha value is -3.03. The second kappa shape index (κ2) is 8.77. The average Bonchev–Trinajstić information content (AvgIpc) is 3.01. The van der Waals surface area contributed by atoms with Crippen LogP contribution < -0.4 is 0 Å². The lowest BCUT2D eigenvalue weighted by Crippen LogP contribution is -2.48. The summed E-state index contributed by atoms with van der Waals surface area (Å²) < 4.78 is 0. The fourth-order valence-electron chi connectivity index (χ4n) is 3.99. The summed E-state index contributed by atoms with van der Waals surface area (Å²) >= 11 is 0. The maximum atomic E-state index is 13.4. The van der Waals surface area contributed by atoms with Crippen LogP contribution >= 0.6 is 0 Å². The topological polar surface area (TPSA) is 77.0 Å². The van der Waals surface area contributed by atoms with Gasteiger partial charge in [0.15, 0.2) is 0 Å². The quantitative estimate of drug-likeness (QED) is 0.729. The van der Waals surface area contributed by atoms with Crippen molar-refractivity contribution in [3.63, 3.8) is 0 Å². The number of carbonyl (C=O) groups is 2. The number of nitrogens with zero attached hydrogens (tertiary/aromatic N) is 4. The van der Waals surface area contributed by atoms with Gasteiger partial charge in [-0.15, -0.1) is 0 Å². The normalized spacial score (nSPS) is 17.9. The highest BCUT2D eigenvalue weighted by molar-refractivity contribution is 6.35. The Morgan fingerprint density at radius 3 is 2.37 bits per heavy atom. The predicted molar refractivity (Wildman–Crippen MR) is 113 cm³/mol. The minimum atomic E-state index is -0.263. The summed E-state index contributed by atoms with van der Waals surface area (Å²) in [5.74, 6) is -0.518. The van der Waals surface area contributed by atoms with Gasteiger partial charge >= 0.3 is 0 Å². The molecule has 0 unspecified atom stereocenters. The summed E-state index contributed by atoms with van der Waals surface area (Å²) in [6, 6.07) is 11.4. The second-order valence-electron chi connectivity index (χ2n) is 7.70. The molecule has 1 saturated heterocycles. The summed E-state index contributed by atoms with van der Waals surface area (Å²) in [4.78, 5) is 36.4. The van der Waals surface area contributed by atoms with E-state index in [-0.39, 0.29) is 25.0 Å². The number of aliphatic hydroxyl groups excluding tert-OH is 1. The Balaban J connectivity index is 1.67. The van der Waals surface area contributed by atoms with Crippen molar-refractivity contribution in [2.24, 2.45) is 0 Å². The van der Waals surface area contributed by atoms with Crippen LogP contribution in [0.2, 0.25) is 0 Å². The molecule has 2 aromatic rings. The minimum absolute atomic E-state index is 0.119. The number of pyridine rings is 1.